The summed E-state index contributed by atoms with van der Waals surface area (Å²) in [5.41, 5.74) is 0. The summed E-state index contributed by atoms with van der Waals surface area (Å²) in [7, 11) is 0. The van der Waals surface area contributed by atoms with Gasteiger partial charge in [-0.25, -0.2) is 0 Å². The zero-order chi connectivity index (χ0) is 9.02. The maximum absolute atomic E-state index is 5.61. The second kappa shape index (κ2) is 7.34. The van der Waals surface area contributed by atoms with Gasteiger partial charge < -0.3 is 1.43 Å². The van der Waals surface area contributed by atoms with Crippen LogP contribution >= 0.6 is 0 Å². The van der Waals surface area contributed by atoms with Crippen LogP contribution in [-0.4, -0.2) is 23.3 Å². The van der Waals surface area contributed by atoms with E-state index in [1.54, 1.807) is 0 Å². The smallest absolute Gasteiger partial charge is 1.00 e. The minimum Gasteiger partial charge on any atom is -1.00 e. The Kier molecular flexibility index (Phi) is 9.41. The van der Waals surface area contributed by atoms with Gasteiger partial charge in [0.25, 0.3) is 0 Å². The summed E-state index contributed by atoms with van der Waals surface area (Å²) < 4.78 is 0. The monoisotopic (exact) mass is 183 g/mol. The minimum absolute atomic E-state index is 0. The molecule has 0 aliphatic rings. The summed E-state index contributed by atoms with van der Waals surface area (Å²) >= 11 is 0. The molecule has 0 rings (SSSR count). The van der Waals surface area contributed by atoms with E-state index in [1.165, 1.54) is 0 Å². The summed E-state index contributed by atoms with van der Waals surface area (Å²) in [6.07, 6.45) is 0.278. The van der Waals surface area contributed by atoms with E-state index in [1.807, 2.05) is 5.06 Å². The van der Waals surface area contributed by atoms with E-state index in [0.717, 1.165) is 0 Å². The molecule has 0 aromatic rings. The summed E-state index contributed by atoms with van der Waals surface area (Å²) in [5.74, 6) is 0. The molecule has 0 radical (unpaired) electrons. The summed E-state index contributed by atoms with van der Waals surface area (Å²) in [4.78, 5) is 5.61. The van der Waals surface area contributed by atoms with Gasteiger partial charge in [0, 0.05) is 12.1 Å². The normalized spacial score (nSPS) is 11.5. The van der Waals surface area contributed by atoms with Gasteiger partial charge in [0.05, 0.1) is 6.10 Å². The molecular weight excluding hydrogens is 161 g/mol. The van der Waals surface area contributed by atoms with Crippen molar-refractivity contribution in [3.8, 4) is 0 Å². The SMILES string of the molecule is CC(C)ON(C(C)C)C(C)C.[H-].[Na+]. The third-order valence-corrected chi connectivity index (χ3v) is 1.35. The minimum atomic E-state index is 0. The van der Waals surface area contributed by atoms with E-state index in [2.05, 4.69) is 41.5 Å². The molecule has 2 nitrogen and oxygen atoms in total. The van der Waals surface area contributed by atoms with E-state index >= 15 is 0 Å². The molecule has 0 aliphatic carbocycles. The molecule has 70 valence electrons. The number of rotatable bonds is 4. The van der Waals surface area contributed by atoms with Crippen LogP contribution < -0.4 is 29.6 Å². The number of hydrogen-bond donors (Lipinski definition) is 0. The van der Waals surface area contributed by atoms with Crippen molar-refractivity contribution in [2.24, 2.45) is 0 Å². The first-order chi connectivity index (χ1) is 4.95. The van der Waals surface area contributed by atoms with Gasteiger partial charge in [0.1, 0.15) is 0 Å². The van der Waals surface area contributed by atoms with Gasteiger partial charge in [-0.1, -0.05) is 0 Å². The Balaban J connectivity index is -0.000000500. The van der Waals surface area contributed by atoms with Gasteiger partial charge in [0.2, 0.25) is 0 Å². The molecule has 3 heteroatoms. The Morgan fingerprint density at radius 2 is 1.25 bits per heavy atom. The molecular formula is C9H22NNaO. The number of hydrogen-bond acceptors (Lipinski definition) is 2. The van der Waals surface area contributed by atoms with Gasteiger partial charge >= 0.3 is 29.6 Å². The van der Waals surface area contributed by atoms with Crippen LogP contribution in [0.1, 0.15) is 43.0 Å². The molecule has 0 aliphatic heterocycles. The first-order valence-corrected chi connectivity index (χ1v) is 4.40. The molecule has 0 unspecified atom stereocenters. The average molecular weight is 183 g/mol. The van der Waals surface area contributed by atoms with Crippen LogP contribution in [0.4, 0.5) is 0 Å². The summed E-state index contributed by atoms with van der Waals surface area (Å²) in [6.45, 7) is 12.7. The van der Waals surface area contributed by atoms with E-state index in [0.29, 0.717) is 12.1 Å². The average Bonchev–Trinajstić information content (AvgIpc) is 1.81. The number of nitrogens with zero attached hydrogens (tertiary/aromatic N) is 1. The van der Waals surface area contributed by atoms with Gasteiger partial charge in [0.15, 0.2) is 0 Å². The maximum atomic E-state index is 5.61. The fourth-order valence-electron chi connectivity index (χ4n) is 1.08. The Labute approximate surface area is 100 Å². The van der Waals surface area contributed by atoms with E-state index < -0.39 is 0 Å². The second-order valence-corrected chi connectivity index (χ2v) is 3.70. The Bertz CT molecular complexity index is 102. The van der Waals surface area contributed by atoms with Crippen LogP contribution in [0.2, 0.25) is 0 Å². The van der Waals surface area contributed by atoms with Crippen molar-refractivity contribution in [3.05, 3.63) is 0 Å². The topological polar surface area (TPSA) is 12.5 Å². The molecule has 0 atom stereocenters. The van der Waals surface area contributed by atoms with Crippen molar-refractivity contribution in [3.63, 3.8) is 0 Å². The second-order valence-electron chi connectivity index (χ2n) is 3.70. The third kappa shape index (κ3) is 6.44. The van der Waals surface area contributed by atoms with E-state index in [-0.39, 0.29) is 37.1 Å². The first kappa shape index (κ1) is 15.4. The Morgan fingerprint density at radius 3 is 1.33 bits per heavy atom. The van der Waals surface area contributed by atoms with Crippen LogP contribution in [0.5, 0.6) is 0 Å². The fraction of sp³-hybridized carbons (Fsp3) is 1.00. The molecule has 0 saturated heterocycles. The van der Waals surface area contributed by atoms with Crippen LogP contribution in [0.25, 0.3) is 0 Å². The van der Waals surface area contributed by atoms with Crippen LogP contribution in [0, 0.1) is 0 Å². The summed E-state index contributed by atoms with van der Waals surface area (Å²) in [5, 5.41) is 2.03. The van der Waals surface area contributed by atoms with Gasteiger partial charge in [-0.15, -0.1) is 0 Å². The van der Waals surface area contributed by atoms with Crippen molar-refractivity contribution >= 4 is 0 Å². The predicted molar refractivity (Wildman–Crippen MR) is 49.4 cm³/mol. The van der Waals surface area contributed by atoms with E-state index in [4.69, 9.17) is 4.84 Å². The van der Waals surface area contributed by atoms with Gasteiger partial charge in [-0.3, -0.25) is 4.84 Å². The van der Waals surface area contributed by atoms with Crippen LogP contribution in [-0.2, 0) is 4.84 Å². The van der Waals surface area contributed by atoms with Crippen molar-refractivity contribution in [1.29, 1.82) is 0 Å². The zero-order valence-corrected chi connectivity index (χ0v) is 11.6. The van der Waals surface area contributed by atoms with Gasteiger partial charge in [-0.2, -0.15) is 5.06 Å². The molecule has 12 heavy (non-hydrogen) atoms. The Hall–Kier alpha value is 0.920. The predicted octanol–water partition coefficient (Wildman–Crippen LogP) is -0.438. The largest absolute Gasteiger partial charge is 1.00 e. The molecule has 0 N–H and O–H groups in total. The molecule has 0 heterocycles. The standard InChI is InChI=1S/C9H21NO.Na.H/c1-7(2)10(8(3)4)11-9(5)6;;/h7-9H,1-6H3;;/q;+1;-1. The number of hydroxylamine groups is 2. The van der Waals surface area contributed by atoms with Crippen molar-refractivity contribution in [1.82, 2.24) is 5.06 Å². The molecule has 0 amide bonds. The quantitative estimate of drug-likeness (QED) is 0.433. The Morgan fingerprint density at radius 1 is 0.917 bits per heavy atom. The van der Waals surface area contributed by atoms with Crippen LogP contribution in [0.15, 0.2) is 0 Å². The van der Waals surface area contributed by atoms with E-state index in [9.17, 15) is 0 Å². The molecule has 0 fully saturated rings. The van der Waals surface area contributed by atoms with Crippen molar-refractivity contribution < 1.29 is 35.8 Å². The molecule has 0 aromatic heterocycles. The molecule has 0 spiro atoms. The van der Waals surface area contributed by atoms with Gasteiger partial charge in [-0.05, 0) is 41.5 Å². The fourth-order valence-corrected chi connectivity index (χ4v) is 1.08. The van der Waals surface area contributed by atoms with Crippen molar-refractivity contribution in [2.75, 3.05) is 0 Å². The van der Waals surface area contributed by atoms with Crippen LogP contribution in [0.3, 0.4) is 0 Å². The molecule has 0 aromatic carbocycles. The zero-order valence-electron chi connectivity index (χ0n) is 10.6. The molecule has 0 saturated carbocycles. The third-order valence-electron chi connectivity index (χ3n) is 1.35. The first-order valence-electron chi connectivity index (χ1n) is 4.40. The maximum Gasteiger partial charge on any atom is 1.00 e. The molecule has 0 bridgehead atoms. The van der Waals surface area contributed by atoms with Crippen molar-refractivity contribution in [2.45, 2.75) is 59.7 Å². The summed E-state index contributed by atoms with van der Waals surface area (Å²) in [6, 6.07) is 0.912.